The zero-order chi connectivity index (χ0) is 23.8. The molecule has 2 N–H and O–H groups in total. The summed E-state index contributed by atoms with van der Waals surface area (Å²) >= 11 is 1.37. The third kappa shape index (κ3) is 4.63. The number of rotatable bonds is 8. The Morgan fingerprint density at radius 2 is 1.69 bits per heavy atom. The van der Waals surface area contributed by atoms with E-state index in [-0.39, 0.29) is 17.2 Å². The Labute approximate surface area is 210 Å². The molecule has 4 aliphatic rings. The molecule has 1 aromatic heterocycles. The number of carbonyl (C=O) groups is 1. The van der Waals surface area contributed by atoms with Crippen molar-refractivity contribution in [1.29, 1.82) is 0 Å². The minimum atomic E-state index is -0.0564. The van der Waals surface area contributed by atoms with E-state index in [0.29, 0.717) is 5.16 Å². The minimum absolute atomic E-state index is 0.0564. The first-order valence-electron chi connectivity index (χ1n) is 12.4. The van der Waals surface area contributed by atoms with E-state index in [9.17, 15) is 4.79 Å². The molecule has 182 valence electrons. The predicted molar refractivity (Wildman–Crippen MR) is 138 cm³/mol. The highest BCUT2D eigenvalue weighted by molar-refractivity contribution is 7.99. The van der Waals surface area contributed by atoms with Crippen molar-refractivity contribution in [3.63, 3.8) is 0 Å². The summed E-state index contributed by atoms with van der Waals surface area (Å²) in [5.41, 5.74) is 3.00. The molecule has 0 radical (unpaired) electrons. The van der Waals surface area contributed by atoms with Gasteiger partial charge in [-0.15, -0.1) is 10.2 Å². The molecule has 4 aliphatic carbocycles. The van der Waals surface area contributed by atoms with Gasteiger partial charge in [0.05, 0.1) is 24.2 Å². The number of para-hydroxylation sites is 2. The molecule has 8 heteroatoms. The van der Waals surface area contributed by atoms with Crippen LogP contribution in [0.1, 0.15) is 38.5 Å². The highest BCUT2D eigenvalue weighted by Crippen LogP contribution is 2.56. The molecule has 3 aromatic rings. The molecular formula is C27H31N5O2S. The zero-order valence-electron chi connectivity index (χ0n) is 19.9. The Morgan fingerprint density at radius 1 is 1.03 bits per heavy atom. The Hall–Kier alpha value is -3.00. The second kappa shape index (κ2) is 9.22. The molecule has 0 aliphatic heterocycles. The van der Waals surface area contributed by atoms with E-state index < -0.39 is 0 Å². The van der Waals surface area contributed by atoms with E-state index in [2.05, 4.69) is 26.9 Å². The average Bonchev–Trinajstić information content (AvgIpc) is 3.32. The van der Waals surface area contributed by atoms with Crippen LogP contribution in [0.5, 0.6) is 5.75 Å². The molecule has 2 aromatic carbocycles. The Kier molecular flexibility index (Phi) is 5.92. The van der Waals surface area contributed by atoms with Gasteiger partial charge in [0.1, 0.15) is 12.1 Å². The number of nitrogens with one attached hydrogen (secondary N) is 2. The van der Waals surface area contributed by atoms with Gasteiger partial charge in [-0.25, -0.2) is 0 Å². The van der Waals surface area contributed by atoms with Gasteiger partial charge in [-0.2, -0.15) is 0 Å². The third-order valence-corrected chi connectivity index (χ3v) is 8.78. The standard InChI is InChI=1S/C27H31N5O2S/c1-34-22-8-6-21(7-9-22)32-17-28-31-26(32)35-16-25(33)29-23-4-2-3-5-24(23)30-27-13-18-10-19(14-27)12-20(11-18)15-27/h2-9,17-20,30H,10-16H2,1H3,(H,29,33). The lowest BCUT2D eigenvalue weighted by Gasteiger charge is -2.57. The summed E-state index contributed by atoms with van der Waals surface area (Å²) in [6.45, 7) is 0. The summed E-state index contributed by atoms with van der Waals surface area (Å²) in [6, 6.07) is 15.8. The first-order chi connectivity index (χ1) is 17.1. The van der Waals surface area contributed by atoms with E-state index >= 15 is 0 Å². The number of anilines is 2. The first kappa shape index (κ1) is 22.5. The molecule has 7 rings (SSSR count). The lowest BCUT2D eigenvalue weighted by molar-refractivity contribution is -0.113. The second-order valence-corrected chi connectivity index (χ2v) is 11.3. The molecule has 0 atom stereocenters. The van der Waals surface area contributed by atoms with E-state index in [4.69, 9.17) is 4.74 Å². The summed E-state index contributed by atoms with van der Waals surface area (Å²) in [5.74, 6) is 3.59. The van der Waals surface area contributed by atoms with E-state index in [1.807, 2.05) is 47.0 Å². The number of ether oxygens (including phenoxy) is 1. The van der Waals surface area contributed by atoms with Crippen LogP contribution in [0.3, 0.4) is 0 Å². The maximum Gasteiger partial charge on any atom is 0.234 e. The van der Waals surface area contributed by atoms with Crippen LogP contribution in [-0.2, 0) is 4.79 Å². The SMILES string of the molecule is COc1ccc(-n2cnnc2SCC(=O)Nc2ccccc2NC23CC4CC(CC(C4)C2)C3)cc1. The van der Waals surface area contributed by atoms with Crippen LogP contribution < -0.4 is 15.4 Å². The van der Waals surface area contributed by atoms with Crippen molar-refractivity contribution in [2.45, 2.75) is 49.2 Å². The van der Waals surface area contributed by atoms with Crippen molar-refractivity contribution >= 4 is 29.0 Å². The number of thioether (sulfide) groups is 1. The van der Waals surface area contributed by atoms with Gasteiger partial charge in [0, 0.05) is 11.2 Å². The number of hydrogen-bond donors (Lipinski definition) is 2. The van der Waals surface area contributed by atoms with Gasteiger partial charge in [-0.3, -0.25) is 9.36 Å². The zero-order valence-corrected chi connectivity index (χ0v) is 20.8. The minimum Gasteiger partial charge on any atom is -0.497 e. The number of methoxy groups -OCH3 is 1. The van der Waals surface area contributed by atoms with Crippen LogP contribution in [0.4, 0.5) is 11.4 Å². The molecule has 4 bridgehead atoms. The summed E-state index contributed by atoms with van der Waals surface area (Å²) in [7, 11) is 1.64. The number of carbonyl (C=O) groups excluding carboxylic acids is 1. The van der Waals surface area contributed by atoms with Gasteiger partial charge in [0.25, 0.3) is 0 Å². The summed E-state index contributed by atoms with van der Waals surface area (Å²) in [6.07, 6.45) is 9.69. The van der Waals surface area contributed by atoms with Crippen LogP contribution in [0.15, 0.2) is 60.0 Å². The maximum absolute atomic E-state index is 12.9. The number of aromatic nitrogens is 3. The van der Waals surface area contributed by atoms with Crippen molar-refractivity contribution in [2.24, 2.45) is 17.8 Å². The normalized spacial score (nSPS) is 26.5. The van der Waals surface area contributed by atoms with Crippen molar-refractivity contribution < 1.29 is 9.53 Å². The molecule has 1 amide bonds. The highest BCUT2D eigenvalue weighted by atomic mass is 32.2. The number of nitrogens with zero attached hydrogens (tertiary/aromatic N) is 3. The number of hydrogen-bond acceptors (Lipinski definition) is 6. The van der Waals surface area contributed by atoms with Crippen molar-refractivity contribution in [3.8, 4) is 11.4 Å². The van der Waals surface area contributed by atoms with Crippen LogP contribution in [-0.4, -0.2) is 39.1 Å². The summed E-state index contributed by atoms with van der Waals surface area (Å²) in [4.78, 5) is 12.9. The van der Waals surface area contributed by atoms with Crippen LogP contribution in [0, 0.1) is 17.8 Å². The fourth-order valence-corrected chi connectivity index (χ4v) is 7.54. The monoisotopic (exact) mass is 489 g/mol. The van der Waals surface area contributed by atoms with Gasteiger partial charge >= 0.3 is 0 Å². The molecule has 7 nitrogen and oxygen atoms in total. The third-order valence-electron chi connectivity index (χ3n) is 7.84. The summed E-state index contributed by atoms with van der Waals surface area (Å²) in [5, 5.41) is 16.0. The van der Waals surface area contributed by atoms with Crippen LogP contribution in [0.2, 0.25) is 0 Å². The molecule has 0 spiro atoms. The summed E-state index contributed by atoms with van der Waals surface area (Å²) < 4.78 is 7.11. The lowest BCUT2D eigenvalue weighted by Crippen LogP contribution is -2.54. The van der Waals surface area contributed by atoms with Crippen molar-refractivity contribution in [1.82, 2.24) is 14.8 Å². The van der Waals surface area contributed by atoms with Crippen LogP contribution >= 0.6 is 11.8 Å². The fraction of sp³-hybridized carbons (Fsp3) is 0.444. The molecule has 4 saturated carbocycles. The first-order valence-corrected chi connectivity index (χ1v) is 13.4. The maximum atomic E-state index is 12.9. The Morgan fingerprint density at radius 3 is 2.34 bits per heavy atom. The highest BCUT2D eigenvalue weighted by Gasteiger charge is 2.51. The van der Waals surface area contributed by atoms with E-state index in [1.165, 1.54) is 50.3 Å². The van der Waals surface area contributed by atoms with Crippen molar-refractivity contribution in [3.05, 3.63) is 54.9 Å². The van der Waals surface area contributed by atoms with E-state index in [0.717, 1.165) is 40.6 Å². The Bertz CT molecular complexity index is 1170. The molecule has 0 saturated heterocycles. The van der Waals surface area contributed by atoms with Crippen LogP contribution in [0.25, 0.3) is 5.69 Å². The number of amides is 1. The van der Waals surface area contributed by atoms with Gasteiger partial charge in [-0.1, -0.05) is 23.9 Å². The number of benzene rings is 2. The topological polar surface area (TPSA) is 81.1 Å². The molecular weight excluding hydrogens is 458 g/mol. The van der Waals surface area contributed by atoms with Gasteiger partial charge < -0.3 is 15.4 Å². The average molecular weight is 490 g/mol. The van der Waals surface area contributed by atoms with Gasteiger partial charge in [0.15, 0.2) is 5.16 Å². The molecule has 0 unspecified atom stereocenters. The Balaban J connectivity index is 1.11. The molecule has 1 heterocycles. The van der Waals surface area contributed by atoms with Gasteiger partial charge in [0.2, 0.25) is 5.91 Å². The van der Waals surface area contributed by atoms with Gasteiger partial charge in [-0.05, 0) is 92.7 Å². The predicted octanol–water partition coefficient (Wildman–Crippen LogP) is 5.39. The molecule has 35 heavy (non-hydrogen) atoms. The lowest BCUT2D eigenvalue weighted by atomic mass is 9.53. The molecule has 4 fully saturated rings. The second-order valence-electron chi connectivity index (χ2n) is 10.4. The van der Waals surface area contributed by atoms with E-state index in [1.54, 1.807) is 13.4 Å². The smallest absolute Gasteiger partial charge is 0.234 e. The quantitative estimate of drug-likeness (QED) is 0.413. The van der Waals surface area contributed by atoms with Crippen molar-refractivity contribution in [2.75, 3.05) is 23.5 Å². The largest absolute Gasteiger partial charge is 0.497 e. The fourth-order valence-electron chi connectivity index (χ4n) is 6.81.